The SMILES string of the molecule is COC(=O)c1ccc(Oc2ccc(C=O)o2)cc1. The maximum atomic E-state index is 11.2. The number of furan rings is 1. The molecule has 0 amide bonds. The molecule has 1 aromatic carbocycles. The number of benzene rings is 1. The molecule has 0 aliphatic rings. The molecule has 5 heteroatoms. The van der Waals surface area contributed by atoms with Gasteiger partial charge in [0.1, 0.15) is 5.75 Å². The van der Waals surface area contributed by atoms with Crippen LogP contribution in [0.25, 0.3) is 0 Å². The van der Waals surface area contributed by atoms with Crippen LogP contribution >= 0.6 is 0 Å². The number of hydrogen-bond donors (Lipinski definition) is 0. The third-order valence-electron chi connectivity index (χ3n) is 2.21. The molecular formula is C13H10O5. The minimum absolute atomic E-state index is 0.191. The van der Waals surface area contributed by atoms with Crippen LogP contribution in [0.4, 0.5) is 0 Å². The molecule has 0 aliphatic carbocycles. The van der Waals surface area contributed by atoms with Gasteiger partial charge in [-0.2, -0.15) is 0 Å². The van der Waals surface area contributed by atoms with Gasteiger partial charge in [0.15, 0.2) is 12.0 Å². The van der Waals surface area contributed by atoms with Crippen molar-refractivity contribution in [2.24, 2.45) is 0 Å². The summed E-state index contributed by atoms with van der Waals surface area (Å²) in [6, 6.07) is 9.41. The van der Waals surface area contributed by atoms with E-state index in [2.05, 4.69) is 4.74 Å². The first kappa shape index (κ1) is 11.9. The second kappa shape index (κ2) is 5.18. The van der Waals surface area contributed by atoms with Gasteiger partial charge in [-0.3, -0.25) is 4.79 Å². The summed E-state index contributed by atoms with van der Waals surface area (Å²) in [5.74, 6) is 0.483. The summed E-state index contributed by atoms with van der Waals surface area (Å²) in [5.41, 5.74) is 0.429. The van der Waals surface area contributed by atoms with Crippen molar-refractivity contribution in [2.45, 2.75) is 0 Å². The van der Waals surface area contributed by atoms with Crippen molar-refractivity contribution in [1.29, 1.82) is 0 Å². The first-order valence-corrected chi connectivity index (χ1v) is 5.14. The Morgan fingerprint density at radius 3 is 2.44 bits per heavy atom. The second-order valence-electron chi connectivity index (χ2n) is 3.39. The number of carbonyl (C=O) groups excluding carboxylic acids is 2. The fraction of sp³-hybridized carbons (Fsp3) is 0.0769. The second-order valence-corrected chi connectivity index (χ2v) is 3.39. The van der Waals surface area contributed by atoms with E-state index in [1.54, 1.807) is 24.3 Å². The zero-order chi connectivity index (χ0) is 13.0. The largest absolute Gasteiger partial charge is 0.465 e. The lowest BCUT2D eigenvalue weighted by Gasteiger charge is -2.03. The summed E-state index contributed by atoms with van der Waals surface area (Å²) < 4.78 is 15.0. The first-order chi connectivity index (χ1) is 8.72. The molecule has 0 atom stereocenters. The Labute approximate surface area is 103 Å². The molecule has 5 nitrogen and oxygen atoms in total. The number of ether oxygens (including phenoxy) is 2. The summed E-state index contributed by atoms with van der Waals surface area (Å²) in [5, 5.41) is 0. The molecule has 0 saturated heterocycles. The molecule has 18 heavy (non-hydrogen) atoms. The Kier molecular flexibility index (Phi) is 3.43. The fourth-order valence-corrected chi connectivity index (χ4v) is 1.35. The van der Waals surface area contributed by atoms with Crippen LogP contribution in [0.3, 0.4) is 0 Å². The van der Waals surface area contributed by atoms with E-state index in [4.69, 9.17) is 9.15 Å². The number of aldehydes is 1. The van der Waals surface area contributed by atoms with Gasteiger partial charge >= 0.3 is 5.97 Å². The summed E-state index contributed by atoms with van der Waals surface area (Å²) >= 11 is 0. The van der Waals surface area contributed by atoms with Gasteiger partial charge in [-0.1, -0.05) is 0 Å². The highest BCUT2D eigenvalue weighted by Gasteiger charge is 2.06. The lowest BCUT2D eigenvalue weighted by Crippen LogP contribution is -2.00. The summed E-state index contributed by atoms with van der Waals surface area (Å²) in [6.45, 7) is 0. The van der Waals surface area contributed by atoms with Gasteiger partial charge in [-0.15, -0.1) is 0 Å². The van der Waals surface area contributed by atoms with Gasteiger partial charge in [0.2, 0.25) is 0 Å². The number of rotatable bonds is 4. The molecular weight excluding hydrogens is 236 g/mol. The molecule has 2 aromatic rings. The van der Waals surface area contributed by atoms with Crippen LogP contribution in [0.1, 0.15) is 20.9 Å². The van der Waals surface area contributed by atoms with Crippen molar-refractivity contribution in [3.63, 3.8) is 0 Å². The minimum atomic E-state index is -0.414. The molecule has 1 aromatic heterocycles. The molecule has 2 rings (SSSR count). The minimum Gasteiger partial charge on any atom is -0.465 e. The van der Waals surface area contributed by atoms with Crippen LogP contribution < -0.4 is 4.74 Å². The van der Waals surface area contributed by atoms with E-state index in [1.807, 2.05) is 0 Å². The molecule has 0 radical (unpaired) electrons. The van der Waals surface area contributed by atoms with Gasteiger partial charge in [0.05, 0.1) is 12.7 Å². The number of methoxy groups -OCH3 is 1. The molecule has 0 unspecified atom stereocenters. The molecule has 0 bridgehead atoms. The van der Waals surface area contributed by atoms with Gasteiger partial charge in [0, 0.05) is 6.07 Å². The number of hydrogen-bond acceptors (Lipinski definition) is 5. The first-order valence-electron chi connectivity index (χ1n) is 5.14. The molecule has 0 saturated carbocycles. The molecule has 0 aliphatic heterocycles. The maximum absolute atomic E-state index is 11.2. The number of esters is 1. The normalized spacial score (nSPS) is 9.83. The topological polar surface area (TPSA) is 65.7 Å². The molecule has 0 spiro atoms. The van der Waals surface area contributed by atoms with E-state index >= 15 is 0 Å². The van der Waals surface area contributed by atoms with Gasteiger partial charge in [-0.05, 0) is 30.3 Å². The average molecular weight is 246 g/mol. The third kappa shape index (κ3) is 2.57. The van der Waals surface area contributed by atoms with Gasteiger partial charge in [-0.25, -0.2) is 4.79 Å². The van der Waals surface area contributed by atoms with Crippen molar-refractivity contribution < 1.29 is 23.5 Å². The molecule has 1 heterocycles. The van der Waals surface area contributed by atoms with E-state index in [-0.39, 0.29) is 11.7 Å². The van der Waals surface area contributed by atoms with E-state index in [9.17, 15) is 9.59 Å². The van der Waals surface area contributed by atoms with Crippen LogP contribution in [0.5, 0.6) is 11.7 Å². The fourth-order valence-electron chi connectivity index (χ4n) is 1.35. The van der Waals surface area contributed by atoms with Crippen LogP contribution in [-0.2, 0) is 4.74 Å². The maximum Gasteiger partial charge on any atom is 0.337 e. The predicted octanol–water partition coefficient (Wildman–Crippen LogP) is 2.67. The van der Waals surface area contributed by atoms with Crippen LogP contribution in [-0.4, -0.2) is 19.4 Å². The summed E-state index contributed by atoms with van der Waals surface area (Å²) in [7, 11) is 1.32. The molecule has 92 valence electrons. The van der Waals surface area contributed by atoms with Crippen LogP contribution in [0.2, 0.25) is 0 Å². The Bertz CT molecular complexity index is 553. The Morgan fingerprint density at radius 1 is 1.17 bits per heavy atom. The zero-order valence-corrected chi connectivity index (χ0v) is 9.58. The summed E-state index contributed by atoms with van der Waals surface area (Å²) in [6.07, 6.45) is 0.590. The molecule has 0 N–H and O–H groups in total. The monoisotopic (exact) mass is 246 g/mol. The zero-order valence-electron chi connectivity index (χ0n) is 9.58. The predicted molar refractivity (Wildman–Crippen MR) is 62.0 cm³/mol. The van der Waals surface area contributed by atoms with Crippen LogP contribution in [0, 0.1) is 0 Å². The number of carbonyl (C=O) groups is 2. The third-order valence-corrected chi connectivity index (χ3v) is 2.21. The van der Waals surface area contributed by atoms with Crippen molar-refractivity contribution in [2.75, 3.05) is 7.11 Å². The highest BCUT2D eigenvalue weighted by atomic mass is 16.6. The quantitative estimate of drug-likeness (QED) is 0.613. The van der Waals surface area contributed by atoms with Gasteiger partial charge in [0.25, 0.3) is 5.95 Å². The smallest absolute Gasteiger partial charge is 0.337 e. The Morgan fingerprint density at radius 2 is 1.89 bits per heavy atom. The highest BCUT2D eigenvalue weighted by Crippen LogP contribution is 2.23. The lowest BCUT2D eigenvalue weighted by molar-refractivity contribution is 0.0600. The van der Waals surface area contributed by atoms with Crippen LogP contribution in [0.15, 0.2) is 40.8 Å². The van der Waals surface area contributed by atoms with Crippen molar-refractivity contribution >= 4 is 12.3 Å². The highest BCUT2D eigenvalue weighted by molar-refractivity contribution is 5.89. The Balaban J connectivity index is 2.10. The van der Waals surface area contributed by atoms with E-state index in [0.29, 0.717) is 17.6 Å². The van der Waals surface area contributed by atoms with Crippen molar-refractivity contribution in [3.05, 3.63) is 47.7 Å². The summed E-state index contributed by atoms with van der Waals surface area (Å²) in [4.78, 5) is 21.6. The standard InChI is InChI=1S/C13H10O5/c1-16-13(15)9-2-4-10(5-3-9)17-12-7-6-11(8-14)18-12/h2-8H,1H3. The van der Waals surface area contributed by atoms with E-state index in [1.165, 1.54) is 19.2 Å². The van der Waals surface area contributed by atoms with E-state index in [0.717, 1.165) is 0 Å². The van der Waals surface area contributed by atoms with E-state index < -0.39 is 5.97 Å². The lowest BCUT2D eigenvalue weighted by atomic mass is 10.2. The van der Waals surface area contributed by atoms with Crippen molar-refractivity contribution in [1.82, 2.24) is 0 Å². The van der Waals surface area contributed by atoms with Crippen molar-refractivity contribution in [3.8, 4) is 11.7 Å². The molecule has 0 fully saturated rings. The van der Waals surface area contributed by atoms with Gasteiger partial charge < -0.3 is 13.9 Å². The Hall–Kier alpha value is -2.56. The average Bonchev–Trinajstić information content (AvgIpc) is 2.86.